The van der Waals surface area contributed by atoms with Crippen LogP contribution in [0.3, 0.4) is 0 Å². The van der Waals surface area contributed by atoms with Gasteiger partial charge in [0.1, 0.15) is 0 Å². The van der Waals surface area contributed by atoms with Crippen molar-refractivity contribution in [2.75, 3.05) is 6.54 Å². The van der Waals surface area contributed by atoms with Gasteiger partial charge in [0.2, 0.25) is 5.91 Å². The van der Waals surface area contributed by atoms with Gasteiger partial charge in [0, 0.05) is 6.54 Å². The molecule has 2 rings (SSSR count). The van der Waals surface area contributed by atoms with Gasteiger partial charge < -0.3 is 10.4 Å². The van der Waals surface area contributed by atoms with Crippen LogP contribution in [0.1, 0.15) is 44.2 Å². The summed E-state index contributed by atoms with van der Waals surface area (Å²) >= 11 is 0. The van der Waals surface area contributed by atoms with E-state index in [1.807, 2.05) is 19.1 Å². The van der Waals surface area contributed by atoms with Gasteiger partial charge in [0.15, 0.2) is 0 Å². The maximum absolute atomic E-state index is 12.5. The Hall–Kier alpha value is -1.35. The van der Waals surface area contributed by atoms with Crippen LogP contribution in [0.4, 0.5) is 0 Å². The average molecular weight is 261 g/mol. The number of rotatable bonds is 4. The lowest BCUT2D eigenvalue weighted by Crippen LogP contribution is -2.45. The van der Waals surface area contributed by atoms with Crippen molar-refractivity contribution in [1.29, 1.82) is 0 Å². The van der Waals surface area contributed by atoms with Crippen LogP contribution < -0.4 is 5.32 Å². The quantitative estimate of drug-likeness (QED) is 0.872. The molecule has 1 aliphatic rings. The first-order valence-electron chi connectivity index (χ1n) is 7.09. The number of benzene rings is 1. The Balaban J connectivity index is 2.12. The van der Waals surface area contributed by atoms with Crippen molar-refractivity contribution >= 4 is 5.91 Å². The highest BCUT2D eigenvalue weighted by Gasteiger charge is 2.38. The van der Waals surface area contributed by atoms with Gasteiger partial charge in [-0.3, -0.25) is 4.79 Å². The second-order valence-electron chi connectivity index (χ2n) is 5.74. The van der Waals surface area contributed by atoms with Crippen molar-refractivity contribution in [2.45, 2.75) is 51.0 Å². The van der Waals surface area contributed by atoms with Crippen LogP contribution in [0.2, 0.25) is 0 Å². The molecule has 1 aliphatic carbocycles. The lowest BCUT2D eigenvalue weighted by atomic mass is 9.70. The summed E-state index contributed by atoms with van der Waals surface area (Å²) in [7, 11) is 0. The van der Waals surface area contributed by atoms with Crippen LogP contribution in [0, 0.1) is 0 Å². The van der Waals surface area contributed by atoms with Gasteiger partial charge in [0.05, 0.1) is 11.5 Å². The van der Waals surface area contributed by atoms with Crippen LogP contribution in [0.25, 0.3) is 0 Å². The van der Waals surface area contributed by atoms with Gasteiger partial charge in [-0.05, 0) is 50.7 Å². The van der Waals surface area contributed by atoms with Crippen molar-refractivity contribution in [3.05, 3.63) is 35.4 Å². The topological polar surface area (TPSA) is 49.3 Å². The van der Waals surface area contributed by atoms with E-state index < -0.39 is 5.41 Å². The Morgan fingerprint density at radius 2 is 2.21 bits per heavy atom. The van der Waals surface area contributed by atoms with Gasteiger partial charge in [0.25, 0.3) is 0 Å². The molecule has 0 saturated carbocycles. The highest BCUT2D eigenvalue weighted by Crippen LogP contribution is 2.37. The molecule has 0 fully saturated rings. The third kappa shape index (κ3) is 2.98. The molecular weight excluding hydrogens is 238 g/mol. The van der Waals surface area contributed by atoms with Crippen LogP contribution in [0.5, 0.6) is 0 Å². The molecular formula is C16H23NO2. The molecule has 1 amide bonds. The van der Waals surface area contributed by atoms with Crippen LogP contribution in [-0.2, 0) is 16.6 Å². The van der Waals surface area contributed by atoms with E-state index in [1.54, 1.807) is 6.92 Å². The zero-order chi connectivity index (χ0) is 13.9. The van der Waals surface area contributed by atoms with E-state index in [1.165, 1.54) is 5.56 Å². The molecule has 1 aromatic rings. The zero-order valence-electron chi connectivity index (χ0n) is 11.8. The van der Waals surface area contributed by atoms with Crippen molar-refractivity contribution in [2.24, 2.45) is 0 Å². The van der Waals surface area contributed by atoms with Gasteiger partial charge >= 0.3 is 0 Å². The number of aliphatic hydroxyl groups is 1. The lowest BCUT2D eigenvalue weighted by molar-refractivity contribution is -0.126. The molecule has 0 radical (unpaired) electrons. The number of amides is 1. The lowest BCUT2D eigenvalue weighted by Gasteiger charge is -2.34. The minimum Gasteiger partial charge on any atom is -0.393 e. The summed E-state index contributed by atoms with van der Waals surface area (Å²) in [5.41, 5.74) is 2.03. The number of nitrogens with one attached hydrogen (secondary N) is 1. The summed E-state index contributed by atoms with van der Waals surface area (Å²) in [6.45, 7) is 4.31. The minimum absolute atomic E-state index is 0.0836. The zero-order valence-corrected chi connectivity index (χ0v) is 11.8. The number of carbonyl (C=O) groups is 1. The molecule has 0 aromatic heterocycles. The fourth-order valence-electron chi connectivity index (χ4n) is 2.87. The number of hydrogen-bond acceptors (Lipinski definition) is 2. The first kappa shape index (κ1) is 14.1. The molecule has 0 saturated heterocycles. The SMILES string of the molecule is CC(O)CCNC(=O)C1(C)CCCc2ccccc21. The predicted molar refractivity (Wildman–Crippen MR) is 76.0 cm³/mol. The number of carbonyl (C=O) groups excluding carboxylic acids is 1. The van der Waals surface area contributed by atoms with E-state index in [2.05, 4.69) is 17.4 Å². The molecule has 0 aliphatic heterocycles. The van der Waals surface area contributed by atoms with Crippen molar-refractivity contribution in [3.63, 3.8) is 0 Å². The van der Waals surface area contributed by atoms with E-state index in [0.717, 1.165) is 24.8 Å². The Morgan fingerprint density at radius 3 is 2.95 bits per heavy atom. The van der Waals surface area contributed by atoms with Crippen molar-refractivity contribution < 1.29 is 9.90 Å². The molecule has 2 unspecified atom stereocenters. The first-order chi connectivity index (χ1) is 9.04. The van der Waals surface area contributed by atoms with Crippen molar-refractivity contribution in [3.8, 4) is 0 Å². The highest BCUT2D eigenvalue weighted by atomic mass is 16.3. The number of aliphatic hydroxyl groups excluding tert-OH is 1. The standard InChI is InChI=1S/C16H23NO2/c1-12(18)9-11-17-15(19)16(2)10-5-7-13-6-3-4-8-14(13)16/h3-4,6,8,12,18H,5,7,9-11H2,1-2H3,(H,17,19). The van der Waals surface area contributed by atoms with Gasteiger partial charge in [-0.25, -0.2) is 0 Å². The molecule has 0 heterocycles. The van der Waals surface area contributed by atoms with Crippen LogP contribution >= 0.6 is 0 Å². The fourth-order valence-corrected chi connectivity index (χ4v) is 2.87. The number of hydrogen-bond donors (Lipinski definition) is 2. The van der Waals surface area contributed by atoms with Gasteiger partial charge in [-0.15, -0.1) is 0 Å². The Labute approximate surface area is 115 Å². The minimum atomic E-state index is -0.423. The summed E-state index contributed by atoms with van der Waals surface area (Å²) < 4.78 is 0. The molecule has 0 bridgehead atoms. The largest absolute Gasteiger partial charge is 0.393 e. The molecule has 2 N–H and O–H groups in total. The highest BCUT2D eigenvalue weighted by molar-refractivity contribution is 5.88. The average Bonchev–Trinajstić information content (AvgIpc) is 2.39. The first-order valence-corrected chi connectivity index (χ1v) is 7.09. The smallest absolute Gasteiger partial charge is 0.230 e. The summed E-state index contributed by atoms with van der Waals surface area (Å²) in [4.78, 5) is 12.5. The van der Waals surface area contributed by atoms with E-state index in [9.17, 15) is 9.90 Å². The third-order valence-corrected chi connectivity index (χ3v) is 4.08. The normalized spacial score (nSPS) is 23.5. The summed E-state index contributed by atoms with van der Waals surface area (Å²) in [5.74, 6) is 0.0836. The van der Waals surface area contributed by atoms with E-state index in [4.69, 9.17) is 0 Å². The van der Waals surface area contributed by atoms with E-state index >= 15 is 0 Å². The second kappa shape index (κ2) is 5.74. The summed E-state index contributed by atoms with van der Waals surface area (Å²) in [6, 6.07) is 8.24. The number of fused-ring (bicyclic) bond motifs is 1. The molecule has 19 heavy (non-hydrogen) atoms. The second-order valence-corrected chi connectivity index (χ2v) is 5.74. The summed E-state index contributed by atoms with van der Waals surface area (Å²) in [5, 5.41) is 12.2. The molecule has 3 heteroatoms. The Morgan fingerprint density at radius 1 is 1.47 bits per heavy atom. The van der Waals surface area contributed by atoms with Crippen LogP contribution in [-0.4, -0.2) is 23.7 Å². The maximum atomic E-state index is 12.5. The fraction of sp³-hybridized carbons (Fsp3) is 0.562. The molecule has 3 nitrogen and oxygen atoms in total. The molecule has 104 valence electrons. The molecule has 0 spiro atoms. The monoisotopic (exact) mass is 261 g/mol. The molecule has 2 atom stereocenters. The number of aryl methyl sites for hydroxylation is 1. The van der Waals surface area contributed by atoms with Gasteiger partial charge in [-0.2, -0.15) is 0 Å². The van der Waals surface area contributed by atoms with E-state index in [0.29, 0.717) is 13.0 Å². The maximum Gasteiger partial charge on any atom is 0.230 e. The Bertz CT molecular complexity index is 456. The Kier molecular flexibility index (Phi) is 4.25. The summed E-state index contributed by atoms with van der Waals surface area (Å²) in [6.07, 6.45) is 3.24. The van der Waals surface area contributed by atoms with E-state index in [-0.39, 0.29) is 12.0 Å². The van der Waals surface area contributed by atoms with Gasteiger partial charge in [-0.1, -0.05) is 24.3 Å². The van der Waals surface area contributed by atoms with Crippen molar-refractivity contribution in [1.82, 2.24) is 5.32 Å². The van der Waals surface area contributed by atoms with Crippen LogP contribution in [0.15, 0.2) is 24.3 Å². The molecule has 1 aromatic carbocycles. The predicted octanol–water partition coefficient (Wildman–Crippen LogP) is 2.17. The third-order valence-electron chi connectivity index (χ3n) is 4.08.